The van der Waals surface area contributed by atoms with E-state index in [4.69, 9.17) is 0 Å². The van der Waals surface area contributed by atoms with Crippen molar-refractivity contribution in [3.8, 4) is 0 Å². The highest BCUT2D eigenvalue weighted by Gasteiger charge is 2.23. The van der Waals surface area contributed by atoms with Crippen LogP contribution < -0.4 is 5.32 Å². The van der Waals surface area contributed by atoms with E-state index in [-0.39, 0.29) is 11.9 Å². The van der Waals surface area contributed by atoms with Crippen LogP contribution in [0.4, 0.5) is 5.82 Å². The number of likely N-dealkylation sites (tertiary alicyclic amines) is 1. The number of aryl methyl sites for hydroxylation is 1. The Morgan fingerprint density at radius 3 is 2.72 bits per heavy atom. The molecule has 0 radical (unpaired) electrons. The maximum Gasteiger partial charge on any atom is 0.244 e. The van der Waals surface area contributed by atoms with Crippen molar-refractivity contribution in [3.63, 3.8) is 0 Å². The summed E-state index contributed by atoms with van der Waals surface area (Å²) in [4.78, 5) is 22.4. The molecular formula is C12H17BrN4O. The lowest BCUT2D eigenvalue weighted by Gasteiger charge is -2.21. The van der Waals surface area contributed by atoms with E-state index in [1.54, 1.807) is 6.07 Å². The number of carbonyl (C=O) groups excluding carboxylic acids is 1. The summed E-state index contributed by atoms with van der Waals surface area (Å²) in [5.74, 6) is 1.49. The lowest BCUT2D eigenvalue weighted by atomic mass is 10.3. The molecule has 0 aromatic carbocycles. The number of anilines is 1. The third-order valence-corrected chi connectivity index (χ3v) is 3.37. The van der Waals surface area contributed by atoms with Gasteiger partial charge in [0.15, 0.2) is 0 Å². The lowest BCUT2D eigenvalue weighted by Crippen LogP contribution is -2.39. The Hall–Kier alpha value is -1.17. The molecule has 1 fully saturated rings. The van der Waals surface area contributed by atoms with Crippen molar-refractivity contribution in [2.24, 2.45) is 0 Å². The highest BCUT2D eigenvalue weighted by molar-refractivity contribution is 9.10. The van der Waals surface area contributed by atoms with Crippen molar-refractivity contribution >= 4 is 27.7 Å². The van der Waals surface area contributed by atoms with E-state index in [1.807, 2.05) is 18.7 Å². The van der Waals surface area contributed by atoms with Gasteiger partial charge >= 0.3 is 0 Å². The summed E-state index contributed by atoms with van der Waals surface area (Å²) in [6, 6.07) is 1.52. The summed E-state index contributed by atoms with van der Waals surface area (Å²) in [6.45, 7) is 5.43. The first-order valence-corrected chi connectivity index (χ1v) is 6.92. The van der Waals surface area contributed by atoms with Crippen LogP contribution in [0.5, 0.6) is 0 Å². The number of aromatic nitrogens is 2. The van der Waals surface area contributed by atoms with Crippen molar-refractivity contribution < 1.29 is 4.79 Å². The second kappa shape index (κ2) is 5.65. The highest BCUT2D eigenvalue weighted by atomic mass is 79.9. The van der Waals surface area contributed by atoms with Gasteiger partial charge in [-0.3, -0.25) is 4.79 Å². The zero-order valence-electron chi connectivity index (χ0n) is 10.6. The molecule has 2 rings (SSSR count). The van der Waals surface area contributed by atoms with Crippen LogP contribution in [-0.4, -0.2) is 39.9 Å². The number of hydrogen-bond acceptors (Lipinski definition) is 4. The molecular weight excluding hydrogens is 296 g/mol. The van der Waals surface area contributed by atoms with Crippen LogP contribution in [0.3, 0.4) is 0 Å². The molecule has 98 valence electrons. The predicted molar refractivity (Wildman–Crippen MR) is 73.4 cm³/mol. The Morgan fingerprint density at radius 2 is 2.11 bits per heavy atom. The molecule has 1 aliphatic rings. The van der Waals surface area contributed by atoms with Gasteiger partial charge in [0.05, 0.1) is 0 Å². The molecule has 0 saturated carbocycles. The van der Waals surface area contributed by atoms with Gasteiger partial charge in [0, 0.05) is 19.2 Å². The fourth-order valence-electron chi connectivity index (χ4n) is 2.10. The van der Waals surface area contributed by atoms with Gasteiger partial charge in [0.25, 0.3) is 0 Å². The number of nitrogens with one attached hydrogen (secondary N) is 1. The zero-order chi connectivity index (χ0) is 13.1. The van der Waals surface area contributed by atoms with Gasteiger partial charge in [0.1, 0.15) is 22.3 Å². The number of rotatable bonds is 3. The van der Waals surface area contributed by atoms with Gasteiger partial charge in [0.2, 0.25) is 5.91 Å². The summed E-state index contributed by atoms with van der Waals surface area (Å²) in [7, 11) is 0. The number of amides is 1. The van der Waals surface area contributed by atoms with Crippen molar-refractivity contribution in [1.82, 2.24) is 14.9 Å². The standard InChI is InChI=1S/C12H17BrN4O/c1-8(12(18)17-5-3-4-6-17)14-11-7-10(13)15-9(2)16-11/h7-8H,3-6H2,1-2H3,(H,14,15,16). The molecule has 1 saturated heterocycles. The molecule has 1 atom stereocenters. The average Bonchev–Trinajstić information content (AvgIpc) is 2.79. The molecule has 0 spiro atoms. The quantitative estimate of drug-likeness (QED) is 0.867. The summed E-state index contributed by atoms with van der Waals surface area (Å²) < 4.78 is 0.721. The summed E-state index contributed by atoms with van der Waals surface area (Å²) >= 11 is 3.32. The van der Waals surface area contributed by atoms with Crippen LogP contribution in [0.15, 0.2) is 10.7 Å². The number of nitrogens with zero attached hydrogens (tertiary/aromatic N) is 3. The Labute approximate surface area is 115 Å². The van der Waals surface area contributed by atoms with Gasteiger partial charge in [-0.2, -0.15) is 0 Å². The molecule has 1 aliphatic heterocycles. The molecule has 2 heterocycles. The summed E-state index contributed by atoms with van der Waals surface area (Å²) in [5, 5.41) is 3.13. The highest BCUT2D eigenvalue weighted by Crippen LogP contribution is 2.15. The largest absolute Gasteiger partial charge is 0.358 e. The van der Waals surface area contributed by atoms with Crippen LogP contribution in [0.2, 0.25) is 0 Å². The fraction of sp³-hybridized carbons (Fsp3) is 0.583. The molecule has 1 aromatic heterocycles. The van der Waals surface area contributed by atoms with E-state index in [0.29, 0.717) is 11.6 Å². The minimum atomic E-state index is -0.260. The van der Waals surface area contributed by atoms with Crippen molar-refractivity contribution in [2.75, 3.05) is 18.4 Å². The van der Waals surface area contributed by atoms with Crippen molar-refractivity contribution in [2.45, 2.75) is 32.7 Å². The van der Waals surface area contributed by atoms with Gasteiger partial charge in [-0.05, 0) is 42.6 Å². The first kappa shape index (κ1) is 13.3. The maximum atomic E-state index is 12.1. The Bertz CT molecular complexity index is 425. The van der Waals surface area contributed by atoms with Crippen LogP contribution >= 0.6 is 15.9 Å². The zero-order valence-corrected chi connectivity index (χ0v) is 12.2. The van der Waals surface area contributed by atoms with Crippen LogP contribution in [0.25, 0.3) is 0 Å². The van der Waals surface area contributed by atoms with Crippen LogP contribution in [0, 0.1) is 6.92 Å². The molecule has 1 aromatic rings. The molecule has 6 heteroatoms. The first-order valence-electron chi connectivity index (χ1n) is 6.13. The van der Waals surface area contributed by atoms with Crippen molar-refractivity contribution in [1.29, 1.82) is 0 Å². The topological polar surface area (TPSA) is 58.1 Å². The lowest BCUT2D eigenvalue weighted by molar-refractivity contribution is -0.130. The van der Waals surface area contributed by atoms with Crippen LogP contribution in [0.1, 0.15) is 25.6 Å². The van der Waals surface area contributed by atoms with E-state index in [1.165, 1.54) is 0 Å². The maximum absolute atomic E-state index is 12.1. The Kier molecular flexibility index (Phi) is 4.16. The smallest absolute Gasteiger partial charge is 0.244 e. The Balaban J connectivity index is 2.01. The van der Waals surface area contributed by atoms with E-state index >= 15 is 0 Å². The molecule has 1 N–H and O–H groups in total. The second-order valence-corrected chi connectivity index (χ2v) is 5.33. The minimum absolute atomic E-state index is 0.139. The van der Waals surface area contributed by atoms with E-state index in [2.05, 4.69) is 31.2 Å². The van der Waals surface area contributed by atoms with E-state index in [0.717, 1.165) is 30.5 Å². The van der Waals surface area contributed by atoms with Gasteiger partial charge < -0.3 is 10.2 Å². The third kappa shape index (κ3) is 3.19. The SMILES string of the molecule is Cc1nc(Br)cc(NC(C)C(=O)N2CCCC2)n1. The number of halogens is 1. The van der Waals surface area contributed by atoms with E-state index < -0.39 is 0 Å². The third-order valence-electron chi connectivity index (χ3n) is 2.96. The molecule has 0 aliphatic carbocycles. The minimum Gasteiger partial charge on any atom is -0.358 e. The van der Waals surface area contributed by atoms with Gasteiger partial charge in [-0.1, -0.05) is 0 Å². The monoisotopic (exact) mass is 312 g/mol. The van der Waals surface area contributed by atoms with Gasteiger partial charge in [-0.25, -0.2) is 9.97 Å². The fourth-order valence-corrected chi connectivity index (χ4v) is 2.57. The molecule has 1 amide bonds. The van der Waals surface area contributed by atoms with Crippen LogP contribution in [-0.2, 0) is 4.79 Å². The number of carbonyl (C=O) groups is 1. The normalized spacial score (nSPS) is 16.7. The summed E-state index contributed by atoms with van der Waals surface area (Å²) in [6.07, 6.45) is 2.22. The predicted octanol–water partition coefficient (Wildman–Crippen LogP) is 1.97. The number of hydrogen-bond donors (Lipinski definition) is 1. The molecule has 5 nitrogen and oxygen atoms in total. The second-order valence-electron chi connectivity index (χ2n) is 4.52. The average molecular weight is 313 g/mol. The molecule has 18 heavy (non-hydrogen) atoms. The van der Waals surface area contributed by atoms with Crippen molar-refractivity contribution in [3.05, 3.63) is 16.5 Å². The molecule has 1 unspecified atom stereocenters. The first-order chi connectivity index (χ1) is 8.56. The Morgan fingerprint density at radius 1 is 1.44 bits per heavy atom. The van der Waals surface area contributed by atoms with E-state index in [9.17, 15) is 4.79 Å². The molecule has 0 bridgehead atoms. The van der Waals surface area contributed by atoms with Gasteiger partial charge in [-0.15, -0.1) is 0 Å². The summed E-state index contributed by atoms with van der Waals surface area (Å²) in [5.41, 5.74) is 0.